The van der Waals surface area contributed by atoms with Crippen LogP contribution in [0.5, 0.6) is 0 Å². The standard InChI is InChI=1S/C24H30N4O/c1-3-23-22(17-26-28(23)19-21-13-8-5-9-14-21)24(29)25-15-10-16-27(2)18-20-11-6-4-7-12-20/h4-9,11-14,17H,3,10,15-16,18-19H2,1-2H3,(H,25,29). The Bertz CT molecular complexity index is 890. The fourth-order valence-corrected chi connectivity index (χ4v) is 3.49. The van der Waals surface area contributed by atoms with Crippen molar-refractivity contribution in [1.82, 2.24) is 20.0 Å². The van der Waals surface area contributed by atoms with Crippen LogP contribution < -0.4 is 5.32 Å². The second-order valence-electron chi connectivity index (χ2n) is 7.33. The molecule has 0 spiro atoms. The van der Waals surface area contributed by atoms with E-state index in [1.807, 2.05) is 28.9 Å². The number of aromatic nitrogens is 2. The molecule has 1 heterocycles. The molecule has 1 aromatic heterocycles. The van der Waals surface area contributed by atoms with Gasteiger partial charge in [-0.25, -0.2) is 0 Å². The Kier molecular flexibility index (Phi) is 7.59. The van der Waals surface area contributed by atoms with Crippen molar-refractivity contribution in [1.29, 1.82) is 0 Å². The van der Waals surface area contributed by atoms with E-state index in [1.54, 1.807) is 6.20 Å². The second kappa shape index (κ2) is 10.6. The van der Waals surface area contributed by atoms with Crippen LogP contribution in [0.4, 0.5) is 0 Å². The highest BCUT2D eigenvalue weighted by atomic mass is 16.1. The van der Waals surface area contributed by atoms with Gasteiger partial charge in [-0.15, -0.1) is 0 Å². The smallest absolute Gasteiger partial charge is 0.254 e. The van der Waals surface area contributed by atoms with E-state index in [4.69, 9.17) is 0 Å². The quantitative estimate of drug-likeness (QED) is 0.537. The molecular weight excluding hydrogens is 360 g/mol. The molecular formula is C24H30N4O. The predicted octanol–water partition coefficient (Wildman–Crippen LogP) is 3.75. The van der Waals surface area contributed by atoms with Gasteiger partial charge in [0.05, 0.1) is 24.0 Å². The molecule has 0 bridgehead atoms. The molecule has 0 saturated heterocycles. The van der Waals surface area contributed by atoms with Crippen LogP contribution >= 0.6 is 0 Å². The van der Waals surface area contributed by atoms with Gasteiger partial charge >= 0.3 is 0 Å². The molecule has 0 aliphatic rings. The number of nitrogens with zero attached hydrogens (tertiary/aromatic N) is 3. The molecule has 0 atom stereocenters. The number of hydrogen-bond acceptors (Lipinski definition) is 3. The van der Waals surface area contributed by atoms with Crippen molar-refractivity contribution in [3.63, 3.8) is 0 Å². The van der Waals surface area contributed by atoms with Gasteiger partial charge in [0.25, 0.3) is 5.91 Å². The fraction of sp³-hybridized carbons (Fsp3) is 0.333. The number of carbonyl (C=O) groups is 1. The zero-order valence-corrected chi connectivity index (χ0v) is 17.3. The van der Waals surface area contributed by atoms with E-state index in [-0.39, 0.29) is 5.91 Å². The summed E-state index contributed by atoms with van der Waals surface area (Å²) in [5, 5.41) is 7.51. The van der Waals surface area contributed by atoms with Gasteiger partial charge < -0.3 is 10.2 Å². The van der Waals surface area contributed by atoms with Gasteiger partial charge in [-0.05, 0) is 37.6 Å². The maximum absolute atomic E-state index is 12.6. The molecule has 5 heteroatoms. The van der Waals surface area contributed by atoms with Crippen LogP contribution in [0.1, 0.15) is 40.5 Å². The SMILES string of the molecule is CCc1c(C(=O)NCCCN(C)Cc2ccccc2)cnn1Cc1ccccc1. The van der Waals surface area contributed by atoms with Crippen molar-refractivity contribution in [3.8, 4) is 0 Å². The van der Waals surface area contributed by atoms with Crippen molar-refractivity contribution in [3.05, 3.63) is 89.2 Å². The molecule has 1 N–H and O–H groups in total. The van der Waals surface area contributed by atoms with Gasteiger partial charge in [0.15, 0.2) is 0 Å². The Labute approximate surface area is 173 Å². The monoisotopic (exact) mass is 390 g/mol. The summed E-state index contributed by atoms with van der Waals surface area (Å²) in [6.07, 6.45) is 3.38. The third-order valence-corrected chi connectivity index (χ3v) is 5.00. The Morgan fingerprint density at radius 1 is 1.03 bits per heavy atom. The zero-order valence-electron chi connectivity index (χ0n) is 17.3. The van der Waals surface area contributed by atoms with E-state index in [0.29, 0.717) is 18.7 Å². The lowest BCUT2D eigenvalue weighted by Crippen LogP contribution is -2.28. The molecule has 0 saturated carbocycles. The molecule has 29 heavy (non-hydrogen) atoms. The zero-order chi connectivity index (χ0) is 20.5. The average molecular weight is 391 g/mol. The van der Waals surface area contributed by atoms with Crippen molar-refractivity contribution < 1.29 is 4.79 Å². The lowest BCUT2D eigenvalue weighted by atomic mass is 10.1. The summed E-state index contributed by atoms with van der Waals surface area (Å²) in [7, 11) is 2.11. The van der Waals surface area contributed by atoms with Crippen LogP contribution in [0.3, 0.4) is 0 Å². The van der Waals surface area contributed by atoms with Crippen molar-refractivity contribution in [2.24, 2.45) is 0 Å². The minimum absolute atomic E-state index is 0.0353. The van der Waals surface area contributed by atoms with Crippen LogP contribution in [-0.2, 0) is 19.5 Å². The van der Waals surface area contributed by atoms with Gasteiger partial charge in [0, 0.05) is 13.1 Å². The normalized spacial score (nSPS) is 11.0. The summed E-state index contributed by atoms with van der Waals surface area (Å²) in [5.41, 5.74) is 4.14. The summed E-state index contributed by atoms with van der Waals surface area (Å²) in [5.74, 6) is -0.0353. The van der Waals surface area contributed by atoms with E-state index in [2.05, 4.69) is 65.7 Å². The molecule has 0 radical (unpaired) electrons. The molecule has 3 rings (SSSR count). The Balaban J connectivity index is 1.48. The fourth-order valence-electron chi connectivity index (χ4n) is 3.49. The third-order valence-electron chi connectivity index (χ3n) is 5.00. The largest absolute Gasteiger partial charge is 0.352 e. The number of hydrogen-bond donors (Lipinski definition) is 1. The maximum atomic E-state index is 12.6. The highest BCUT2D eigenvalue weighted by Gasteiger charge is 2.16. The van der Waals surface area contributed by atoms with Crippen LogP contribution in [0.25, 0.3) is 0 Å². The van der Waals surface area contributed by atoms with Gasteiger partial charge in [-0.3, -0.25) is 9.48 Å². The lowest BCUT2D eigenvalue weighted by Gasteiger charge is -2.16. The Hall–Kier alpha value is -2.92. The number of amides is 1. The van der Waals surface area contributed by atoms with E-state index in [9.17, 15) is 4.79 Å². The topological polar surface area (TPSA) is 50.2 Å². The molecule has 0 aliphatic heterocycles. The van der Waals surface area contributed by atoms with Crippen molar-refractivity contribution in [2.75, 3.05) is 20.1 Å². The van der Waals surface area contributed by atoms with Gasteiger partial charge in [-0.2, -0.15) is 5.10 Å². The maximum Gasteiger partial charge on any atom is 0.254 e. The Morgan fingerprint density at radius 3 is 2.34 bits per heavy atom. The first-order valence-electron chi connectivity index (χ1n) is 10.3. The molecule has 0 aliphatic carbocycles. The van der Waals surface area contributed by atoms with Crippen LogP contribution in [0, 0.1) is 0 Å². The summed E-state index contributed by atoms with van der Waals surface area (Å²) in [6, 6.07) is 20.6. The van der Waals surface area contributed by atoms with Gasteiger partial charge in [0.2, 0.25) is 0 Å². The highest BCUT2D eigenvalue weighted by Crippen LogP contribution is 2.12. The summed E-state index contributed by atoms with van der Waals surface area (Å²) < 4.78 is 1.93. The molecule has 0 unspecified atom stereocenters. The molecule has 0 fully saturated rings. The van der Waals surface area contributed by atoms with Crippen LogP contribution in [0.2, 0.25) is 0 Å². The van der Waals surface area contributed by atoms with Crippen LogP contribution in [0.15, 0.2) is 66.9 Å². The first-order chi connectivity index (χ1) is 14.2. The molecule has 1 amide bonds. The van der Waals surface area contributed by atoms with Gasteiger partial charge in [-0.1, -0.05) is 67.6 Å². The number of benzene rings is 2. The Morgan fingerprint density at radius 2 is 1.69 bits per heavy atom. The predicted molar refractivity (Wildman–Crippen MR) is 117 cm³/mol. The second-order valence-corrected chi connectivity index (χ2v) is 7.33. The molecule has 2 aromatic carbocycles. The minimum Gasteiger partial charge on any atom is -0.352 e. The molecule has 152 valence electrons. The van der Waals surface area contributed by atoms with Gasteiger partial charge in [0.1, 0.15) is 0 Å². The number of carbonyl (C=O) groups excluding carboxylic acids is 1. The van der Waals surface area contributed by atoms with E-state index >= 15 is 0 Å². The van der Waals surface area contributed by atoms with Crippen molar-refractivity contribution >= 4 is 5.91 Å². The average Bonchev–Trinajstić information content (AvgIpc) is 3.15. The molecule has 5 nitrogen and oxygen atoms in total. The first kappa shape index (κ1) is 20.8. The summed E-state index contributed by atoms with van der Waals surface area (Å²) in [4.78, 5) is 14.9. The van der Waals surface area contributed by atoms with Crippen LogP contribution in [-0.4, -0.2) is 40.7 Å². The summed E-state index contributed by atoms with van der Waals surface area (Å²) >= 11 is 0. The highest BCUT2D eigenvalue weighted by molar-refractivity contribution is 5.95. The van der Waals surface area contributed by atoms with E-state index < -0.39 is 0 Å². The molecule has 3 aromatic rings. The summed E-state index contributed by atoms with van der Waals surface area (Å²) in [6.45, 7) is 5.25. The van der Waals surface area contributed by atoms with E-state index in [0.717, 1.165) is 31.6 Å². The first-order valence-corrected chi connectivity index (χ1v) is 10.3. The number of rotatable bonds is 10. The van der Waals surface area contributed by atoms with E-state index in [1.165, 1.54) is 11.1 Å². The minimum atomic E-state index is -0.0353. The van der Waals surface area contributed by atoms with Crippen molar-refractivity contribution in [2.45, 2.75) is 32.9 Å². The number of nitrogens with one attached hydrogen (secondary N) is 1. The third kappa shape index (κ3) is 6.03. The lowest BCUT2D eigenvalue weighted by molar-refractivity contribution is 0.0951.